The van der Waals surface area contributed by atoms with Gasteiger partial charge in [-0.1, -0.05) is 30.3 Å². The maximum absolute atomic E-state index is 12.6. The summed E-state index contributed by atoms with van der Waals surface area (Å²) in [4.78, 5) is 22.5. The molecule has 0 aromatic heterocycles. The first-order valence-electron chi connectivity index (χ1n) is 9.17. The fourth-order valence-electron chi connectivity index (χ4n) is 2.71. The summed E-state index contributed by atoms with van der Waals surface area (Å²) in [5.74, 6) is -0.458. The lowest BCUT2D eigenvalue weighted by molar-refractivity contribution is -0.384. The fraction of sp³-hybridized carbons (Fsp3) is 0.0455. The van der Waals surface area contributed by atoms with Crippen molar-refractivity contribution >= 4 is 39.1 Å². The number of carbonyl (C=O) groups excluding carboxylic acids is 1. The summed E-state index contributed by atoms with van der Waals surface area (Å²) in [6.07, 6.45) is 2.69. The third-order valence-electron chi connectivity index (χ3n) is 4.33. The molecule has 3 aromatic carbocycles. The van der Waals surface area contributed by atoms with Gasteiger partial charge in [0.25, 0.3) is 15.7 Å². The Morgan fingerprint density at radius 3 is 2.39 bits per heavy atom. The van der Waals surface area contributed by atoms with E-state index in [1.807, 2.05) is 6.07 Å². The standard InChI is InChI=1S/C22H19N3O5S/c1-16-5-2-3-8-21(16)24-31(29,30)20-12-10-18(11-13-20)23-22(26)14-9-17-6-4-7-19(15-17)25(27)28/h2-15,24H,1H3,(H,23,26)/b14-9+. The maximum Gasteiger partial charge on any atom is 0.270 e. The van der Waals surface area contributed by atoms with Gasteiger partial charge in [-0.2, -0.15) is 0 Å². The molecule has 0 radical (unpaired) electrons. The second kappa shape index (κ2) is 9.23. The molecular weight excluding hydrogens is 418 g/mol. The van der Waals surface area contributed by atoms with Gasteiger partial charge in [-0.05, 0) is 54.5 Å². The molecule has 3 aromatic rings. The smallest absolute Gasteiger partial charge is 0.270 e. The molecule has 1 amide bonds. The van der Waals surface area contributed by atoms with Crippen molar-refractivity contribution in [3.8, 4) is 0 Å². The van der Waals surface area contributed by atoms with Gasteiger partial charge in [0, 0.05) is 23.9 Å². The molecule has 9 heteroatoms. The maximum atomic E-state index is 12.6. The fourth-order valence-corrected chi connectivity index (χ4v) is 3.84. The number of hydrogen-bond donors (Lipinski definition) is 2. The van der Waals surface area contributed by atoms with Crippen molar-refractivity contribution in [2.45, 2.75) is 11.8 Å². The molecule has 0 aliphatic heterocycles. The van der Waals surface area contributed by atoms with Crippen molar-refractivity contribution in [1.29, 1.82) is 0 Å². The number of anilines is 2. The van der Waals surface area contributed by atoms with E-state index in [1.165, 1.54) is 54.6 Å². The molecule has 0 heterocycles. The zero-order valence-electron chi connectivity index (χ0n) is 16.5. The Balaban J connectivity index is 1.66. The highest BCUT2D eigenvalue weighted by molar-refractivity contribution is 7.92. The third-order valence-corrected chi connectivity index (χ3v) is 5.71. The molecule has 0 aliphatic rings. The number of nitro benzene ring substituents is 1. The number of sulfonamides is 1. The molecule has 0 saturated heterocycles. The second-order valence-electron chi connectivity index (χ2n) is 6.62. The number of nitrogens with zero attached hydrogens (tertiary/aromatic N) is 1. The molecule has 2 N–H and O–H groups in total. The summed E-state index contributed by atoms with van der Waals surface area (Å²) in [5, 5.41) is 13.4. The monoisotopic (exact) mass is 437 g/mol. The van der Waals surface area contributed by atoms with Crippen LogP contribution in [0.5, 0.6) is 0 Å². The van der Waals surface area contributed by atoms with Gasteiger partial charge >= 0.3 is 0 Å². The third kappa shape index (κ3) is 5.77. The minimum absolute atomic E-state index is 0.0564. The summed E-state index contributed by atoms with van der Waals surface area (Å²) in [5.41, 5.74) is 2.13. The van der Waals surface area contributed by atoms with Crippen molar-refractivity contribution in [3.63, 3.8) is 0 Å². The highest BCUT2D eigenvalue weighted by Crippen LogP contribution is 2.21. The lowest BCUT2D eigenvalue weighted by Crippen LogP contribution is -2.14. The number of aryl methyl sites for hydroxylation is 1. The van der Waals surface area contributed by atoms with Crippen LogP contribution in [0, 0.1) is 17.0 Å². The SMILES string of the molecule is Cc1ccccc1NS(=O)(=O)c1ccc(NC(=O)/C=C/c2cccc([N+](=O)[O-])c2)cc1. The lowest BCUT2D eigenvalue weighted by atomic mass is 10.2. The Morgan fingerprint density at radius 1 is 1.00 bits per heavy atom. The molecule has 0 atom stereocenters. The van der Waals surface area contributed by atoms with Crippen molar-refractivity contribution in [1.82, 2.24) is 0 Å². The summed E-state index contributed by atoms with van der Waals surface area (Å²) >= 11 is 0. The van der Waals surface area contributed by atoms with Gasteiger partial charge in [0.05, 0.1) is 15.5 Å². The summed E-state index contributed by atoms with van der Waals surface area (Å²) in [7, 11) is -3.77. The number of nitrogens with one attached hydrogen (secondary N) is 2. The Bertz CT molecular complexity index is 1250. The number of carbonyl (C=O) groups is 1. The number of para-hydroxylation sites is 1. The first kappa shape index (κ1) is 21.7. The molecule has 0 saturated carbocycles. The van der Waals surface area contributed by atoms with Crippen molar-refractivity contribution in [2.75, 3.05) is 10.0 Å². The van der Waals surface area contributed by atoms with Gasteiger partial charge in [-0.25, -0.2) is 8.42 Å². The zero-order valence-corrected chi connectivity index (χ0v) is 17.3. The number of benzene rings is 3. The number of rotatable bonds is 7. The number of amides is 1. The lowest BCUT2D eigenvalue weighted by Gasteiger charge is -2.11. The van der Waals surface area contributed by atoms with Crippen LogP contribution in [0.3, 0.4) is 0 Å². The topological polar surface area (TPSA) is 118 Å². The molecule has 31 heavy (non-hydrogen) atoms. The second-order valence-corrected chi connectivity index (χ2v) is 8.30. The summed E-state index contributed by atoms with van der Waals surface area (Å²) < 4.78 is 27.7. The van der Waals surface area contributed by atoms with E-state index in [4.69, 9.17) is 0 Å². The number of hydrogen-bond acceptors (Lipinski definition) is 5. The van der Waals surface area contributed by atoms with Crippen LogP contribution < -0.4 is 10.0 Å². The molecule has 3 rings (SSSR count). The van der Waals surface area contributed by atoms with Gasteiger partial charge in [0.1, 0.15) is 0 Å². The quantitative estimate of drug-likeness (QED) is 0.323. The van der Waals surface area contributed by atoms with Gasteiger partial charge in [0.15, 0.2) is 0 Å². The van der Waals surface area contributed by atoms with E-state index in [0.29, 0.717) is 16.9 Å². The van der Waals surface area contributed by atoms with Crippen LogP contribution in [0.25, 0.3) is 6.08 Å². The molecule has 0 fully saturated rings. The Labute approximate surface area is 179 Å². The normalized spacial score (nSPS) is 11.3. The molecule has 0 aliphatic carbocycles. The average Bonchev–Trinajstić information content (AvgIpc) is 2.74. The van der Waals surface area contributed by atoms with Crippen LogP contribution in [-0.4, -0.2) is 19.2 Å². The predicted molar refractivity (Wildman–Crippen MR) is 119 cm³/mol. The first-order chi connectivity index (χ1) is 14.7. The Morgan fingerprint density at radius 2 is 1.71 bits per heavy atom. The molecule has 8 nitrogen and oxygen atoms in total. The van der Waals surface area contributed by atoms with Crippen LogP contribution in [0.15, 0.2) is 83.8 Å². The van der Waals surface area contributed by atoms with E-state index in [-0.39, 0.29) is 10.6 Å². The van der Waals surface area contributed by atoms with E-state index in [1.54, 1.807) is 31.2 Å². The van der Waals surface area contributed by atoms with E-state index < -0.39 is 20.9 Å². The van der Waals surface area contributed by atoms with Crippen LogP contribution in [0.2, 0.25) is 0 Å². The molecule has 0 unspecified atom stereocenters. The first-order valence-corrected chi connectivity index (χ1v) is 10.6. The van der Waals surface area contributed by atoms with Gasteiger partial charge < -0.3 is 5.32 Å². The van der Waals surface area contributed by atoms with Gasteiger partial charge in [0.2, 0.25) is 5.91 Å². The van der Waals surface area contributed by atoms with Gasteiger partial charge in [-0.15, -0.1) is 0 Å². The van der Waals surface area contributed by atoms with Crippen LogP contribution in [-0.2, 0) is 14.8 Å². The average molecular weight is 437 g/mol. The van der Waals surface area contributed by atoms with Crippen LogP contribution in [0.1, 0.15) is 11.1 Å². The van der Waals surface area contributed by atoms with Crippen molar-refractivity contribution in [3.05, 3.63) is 100 Å². The van der Waals surface area contributed by atoms with E-state index in [2.05, 4.69) is 10.0 Å². The van der Waals surface area contributed by atoms with E-state index in [0.717, 1.165) is 5.56 Å². The van der Waals surface area contributed by atoms with E-state index >= 15 is 0 Å². The number of non-ortho nitro benzene ring substituents is 1. The molecular formula is C22H19N3O5S. The molecule has 158 valence electrons. The minimum atomic E-state index is -3.77. The predicted octanol–water partition coefficient (Wildman–Crippen LogP) is 4.36. The zero-order chi connectivity index (χ0) is 22.4. The number of nitro groups is 1. The Kier molecular flexibility index (Phi) is 6.46. The van der Waals surface area contributed by atoms with Gasteiger partial charge in [-0.3, -0.25) is 19.6 Å². The van der Waals surface area contributed by atoms with Crippen LogP contribution >= 0.6 is 0 Å². The molecule has 0 spiro atoms. The highest BCUT2D eigenvalue weighted by atomic mass is 32.2. The van der Waals surface area contributed by atoms with Crippen molar-refractivity contribution < 1.29 is 18.1 Å². The van der Waals surface area contributed by atoms with E-state index in [9.17, 15) is 23.3 Å². The van der Waals surface area contributed by atoms with Crippen LogP contribution in [0.4, 0.5) is 17.1 Å². The van der Waals surface area contributed by atoms with Crippen molar-refractivity contribution in [2.24, 2.45) is 0 Å². The highest BCUT2D eigenvalue weighted by Gasteiger charge is 2.15. The Hall–Kier alpha value is -3.98. The molecule has 0 bridgehead atoms. The minimum Gasteiger partial charge on any atom is -0.323 e. The summed E-state index contributed by atoms with van der Waals surface area (Å²) in [6.45, 7) is 1.80. The largest absolute Gasteiger partial charge is 0.323 e. The summed E-state index contributed by atoms with van der Waals surface area (Å²) in [6, 6.07) is 18.6.